The molecule has 4 rings (SSSR count). The van der Waals surface area contributed by atoms with E-state index in [0.29, 0.717) is 10.7 Å². The van der Waals surface area contributed by atoms with E-state index in [2.05, 4.69) is 15.2 Å². The van der Waals surface area contributed by atoms with Crippen molar-refractivity contribution in [1.29, 1.82) is 0 Å². The van der Waals surface area contributed by atoms with E-state index in [-0.39, 0.29) is 19.0 Å². The summed E-state index contributed by atoms with van der Waals surface area (Å²) in [4.78, 5) is 43.8. The number of carboxylic acids is 1. The van der Waals surface area contributed by atoms with Gasteiger partial charge < -0.3 is 15.3 Å². The summed E-state index contributed by atoms with van der Waals surface area (Å²) in [6, 6.07) is 14.8. The molecule has 2 heterocycles. The molecule has 35 heavy (non-hydrogen) atoms. The monoisotopic (exact) mass is 497 g/mol. The molecule has 1 aliphatic heterocycles. The Kier molecular flexibility index (Phi) is 7.55. The van der Waals surface area contributed by atoms with Crippen LogP contribution in [0.1, 0.15) is 31.7 Å². The third-order valence-corrected chi connectivity index (χ3v) is 6.38. The first-order valence-electron chi connectivity index (χ1n) is 11.6. The summed E-state index contributed by atoms with van der Waals surface area (Å²) in [5, 5.41) is 12.9. The second-order valence-corrected chi connectivity index (χ2v) is 9.22. The number of carboxylic acid groups (broad SMARTS) is 1. The van der Waals surface area contributed by atoms with Crippen LogP contribution in [-0.4, -0.2) is 38.3 Å². The van der Waals surface area contributed by atoms with Crippen molar-refractivity contribution in [2.75, 3.05) is 23.3 Å². The first-order valence-corrected chi connectivity index (χ1v) is 12.0. The lowest BCUT2D eigenvalue weighted by molar-refractivity contribution is -0.141. The van der Waals surface area contributed by atoms with Crippen LogP contribution in [0.2, 0.25) is 5.02 Å². The van der Waals surface area contributed by atoms with Gasteiger partial charge in [-0.2, -0.15) is 4.98 Å². The van der Waals surface area contributed by atoms with Gasteiger partial charge in [0, 0.05) is 36.0 Å². The van der Waals surface area contributed by atoms with E-state index >= 15 is 0 Å². The molecule has 1 unspecified atom stereocenters. The Hall–Kier alpha value is -3.59. The molecule has 1 aliphatic rings. The number of hydrogen-bond acceptors (Lipinski definition) is 6. The van der Waals surface area contributed by atoms with Crippen LogP contribution in [0.15, 0.2) is 58.1 Å². The smallest absolute Gasteiger partial charge is 0.354 e. The average Bonchev–Trinajstić information content (AvgIpc) is 2.86. The second kappa shape index (κ2) is 10.8. The summed E-state index contributed by atoms with van der Waals surface area (Å²) in [5.41, 5.74) is 1.14. The van der Waals surface area contributed by atoms with Crippen molar-refractivity contribution in [2.45, 2.75) is 39.3 Å². The van der Waals surface area contributed by atoms with Gasteiger partial charge in [0.05, 0.1) is 12.5 Å². The predicted octanol–water partition coefficient (Wildman–Crippen LogP) is 3.56. The van der Waals surface area contributed by atoms with E-state index in [0.717, 1.165) is 28.9 Å². The number of nitrogens with zero attached hydrogens (tertiary/aromatic N) is 4. The molecule has 1 saturated heterocycles. The molecule has 1 atom stereocenters. The van der Waals surface area contributed by atoms with Gasteiger partial charge in [0.25, 0.3) is 0 Å². The number of aliphatic carboxylic acids is 1. The molecule has 0 saturated carbocycles. The summed E-state index contributed by atoms with van der Waals surface area (Å²) in [5.74, 6) is -1.94. The van der Waals surface area contributed by atoms with Gasteiger partial charge in [-0.15, -0.1) is 0 Å². The van der Waals surface area contributed by atoms with Crippen LogP contribution in [0.5, 0.6) is 0 Å². The van der Waals surface area contributed by atoms with Crippen LogP contribution >= 0.6 is 11.6 Å². The molecule has 2 aromatic carbocycles. The quantitative estimate of drug-likeness (QED) is 0.489. The normalized spacial score (nSPS) is 14.5. The predicted molar refractivity (Wildman–Crippen MR) is 136 cm³/mol. The van der Waals surface area contributed by atoms with Crippen molar-refractivity contribution in [3.8, 4) is 0 Å². The van der Waals surface area contributed by atoms with Gasteiger partial charge in [-0.1, -0.05) is 30.7 Å². The Bertz CT molecular complexity index is 1300. The zero-order valence-corrected chi connectivity index (χ0v) is 20.2. The number of piperidine rings is 1. The van der Waals surface area contributed by atoms with E-state index < -0.39 is 23.3 Å². The maximum Gasteiger partial charge on any atom is 0.354 e. The summed E-state index contributed by atoms with van der Waals surface area (Å²) < 4.78 is 2.19. The molecular formula is C25H28ClN5O4. The van der Waals surface area contributed by atoms with Crippen LogP contribution in [-0.2, 0) is 17.9 Å². The highest BCUT2D eigenvalue weighted by atomic mass is 35.5. The lowest BCUT2D eigenvalue weighted by Crippen LogP contribution is -2.44. The topological polar surface area (TPSA) is 109 Å². The van der Waals surface area contributed by atoms with Gasteiger partial charge in [-0.3, -0.25) is 9.36 Å². The first-order chi connectivity index (χ1) is 16.8. The van der Waals surface area contributed by atoms with Crippen LogP contribution in [0.25, 0.3) is 0 Å². The minimum absolute atomic E-state index is 0.0832. The fraction of sp³-hybridized carbons (Fsp3) is 0.360. The highest BCUT2D eigenvalue weighted by molar-refractivity contribution is 6.30. The van der Waals surface area contributed by atoms with Gasteiger partial charge in [-0.25, -0.2) is 14.2 Å². The molecule has 9 nitrogen and oxygen atoms in total. The minimum Gasteiger partial charge on any atom is -0.481 e. The van der Waals surface area contributed by atoms with Crippen molar-refractivity contribution in [1.82, 2.24) is 14.1 Å². The highest BCUT2D eigenvalue weighted by Crippen LogP contribution is 2.23. The second-order valence-electron chi connectivity index (χ2n) is 8.78. The fourth-order valence-corrected chi connectivity index (χ4v) is 4.21. The maximum atomic E-state index is 13.3. The van der Waals surface area contributed by atoms with E-state index in [9.17, 15) is 19.5 Å². The number of nitrogens with one attached hydrogen (secondary N) is 1. The Labute approximate surface area is 207 Å². The Morgan fingerprint density at radius 2 is 1.69 bits per heavy atom. The summed E-state index contributed by atoms with van der Waals surface area (Å²) in [6.45, 7) is 3.35. The Morgan fingerprint density at radius 3 is 2.31 bits per heavy atom. The zero-order chi connectivity index (χ0) is 24.9. The molecular weight excluding hydrogens is 470 g/mol. The van der Waals surface area contributed by atoms with Gasteiger partial charge in [-0.05, 0) is 61.2 Å². The van der Waals surface area contributed by atoms with E-state index in [1.54, 1.807) is 24.3 Å². The van der Waals surface area contributed by atoms with Crippen LogP contribution in [0, 0.1) is 5.92 Å². The van der Waals surface area contributed by atoms with Crippen LogP contribution in [0.4, 0.5) is 17.3 Å². The number of aromatic nitrogens is 3. The molecule has 0 amide bonds. The van der Waals surface area contributed by atoms with Gasteiger partial charge in [0.2, 0.25) is 5.95 Å². The first kappa shape index (κ1) is 24.5. The lowest BCUT2D eigenvalue weighted by Gasteiger charge is -2.28. The third kappa shape index (κ3) is 5.92. The Morgan fingerprint density at radius 1 is 1.03 bits per heavy atom. The molecule has 184 valence electrons. The highest BCUT2D eigenvalue weighted by Gasteiger charge is 2.19. The van der Waals surface area contributed by atoms with E-state index in [1.807, 2.05) is 24.3 Å². The van der Waals surface area contributed by atoms with Crippen molar-refractivity contribution >= 4 is 34.9 Å². The number of rotatable bonds is 8. The SMILES string of the molecule is CC(Cn1c(=O)nc(Nc2ccc(N3CCCCC3)cc2)n(Cc2ccc(Cl)cc2)c1=O)C(=O)O. The fourth-order valence-electron chi connectivity index (χ4n) is 4.08. The lowest BCUT2D eigenvalue weighted by atomic mass is 10.1. The molecule has 10 heteroatoms. The molecule has 2 N–H and O–H groups in total. The minimum atomic E-state index is -1.10. The summed E-state index contributed by atoms with van der Waals surface area (Å²) in [7, 11) is 0. The molecule has 3 aromatic rings. The molecule has 0 aliphatic carbocycles. The van der Waals surface area contributed by atoms with Gasteiger partial charge in [0.15, 0.2) is 0 Å². The summed E-state index contributed by atoms with van der Waals surface area (Å²) >= 11 is 5.99. The molecule has 0 spiro atoms. The van der Waals surface area contributed by atoms with Crippen LogP contribution < -0.4 is 21.6 Å². The van der Waals surface area contributed by atoms with Gasteiger partial charge >= 0.3 is 17.3 Å². The number of benzene rings is 2. The number of anilines is 3. The van der Waals surface area contributed by atoms with Crippen molar-refractivity contribution in [3.05, 3.63) is 80.1 Å². The van der Waals surface area contributed by atoms with Crippen molar-refractivity contribution < 1.29 is 9.90 Å². The average molecular weight is 498 g/mol. The summed E-state index contributed by atoms with van der Waals surface area (Å²) in [6.07, 6.45) is 3.61. The van der Waals surface area contributed by atoms with E-state index in [4.69, 9.17) is 11.6 Å². The molecule has 1 fully saturated rings. The largest absolute Gasteiger partial charge is 0.481 e. The zero-order valence-electron chi connectivity index (χ0n) is 19.5. The maximum absolute atomic E-state index is 13.3. The standard InChI is InChI=1S/C25H28ClN5O4/c1-17(22(32)33)15-31-24(34)28-23(30(25(31)35)16-18-5-7-19(26)8-6-18)27-20-9-11-21(12-10-20)29-13-3-2-4-14-29/h5-12,17H,2-4,13-16H2,1H3,(H,32,33)(H,27,28,34). The molecule has 0 bridgehead atoms. The number of halogens is 1. The van der Waals surface area contributed by atoms with Crippen molar-refractivity contribution in [2.24, 2.45) is 5.92 Å². The number of hydrogen-bond donors (Lipinski definition) is 2. The Balaban J connectivity index is 1.67. The van der Waals surface area contributed by atoms with E-state index in [1.165, 1.54) is 30.8 Å². The third-order valence-electron chi connectivity index (χ3n) is 6.13. The molecule has 0 radical (unpaired) electrons. The number of carbonyl (C=O) groups is 1. The molecule has 1 aromatic heterocycles. The van der Waals surface area contributed by atoms with Crippen molar-refractivity contribution in [3.63, 3.8) is 0 Å². The van der Waals surface area contributed by atoms with Gasteiger partial charge in [0.1, 0.15) is 0 Å². The van der Waals surface area contributed by atoms with Crippen LogP contribution in [0.3, 0.4) is 0 Å².